The van der Waals surface area contributed by atoms with Gasteiger partial charge in [0.1, 0.15) is 11.6 Å². The maximum absolute atomic E-state index is 13.9. The topological polar surface area (TPSA) is 29.5 Å². The van der Waals surface area contributed by atoms with Crippen LogP contribution in [0.5, 0.6) is 0 Å². The van der Waals surface area contributed by atoms with Gasteiger partial charge in [-0.3, -0.25) is 4.79 Å². The molecule has 1 aliphatic rings. The molecule has 21 heavy (non-hydrogen) atoms. The van der Waals surface area contributed by atoms with Crippen LogP contribution in [0.4, 0.5) is 8.78 Å². The lowest BCUT2D eigenvalue weighted by Crippen LogP contribution is -2.55. The highest BCUT2D eigenvalue weighted by Crippen LogP contribution is 2.25. The molecule has 1 fully saturated rings. The molecule has 0 bridgehead atoms. The fraction of sp³-hybridized carbons (Fsp3) is 0.500. The van der Waals surface area contributed by atoms with E-state index in [-0.39, 0.29) is 35.7 Å². The number of carbonyl (C=O) groups is 1. The molecule has 1 heterocycles. The van der Waals surface area contributed by atoms with Gasteiger partial charge in [0, 0.05) is 13.1 Å². The Morgan fingerprint density at radius 2 is 2.10 bits per heavy atom. The molecule has 1 aromatic carbocycles. The number of halogens is 4. The van der Waals surface area contributed by atoms with E-state index in [1.54, 1.807) is 0 Å². The van der Waals surface area contributed by atoms with Crippen molar-refractivity contribution in [2.75, 3.05) is 19.0 Å². The van der Waals surface area contributed by atoms with E-state index >= 15 is 0 Å². The number of nitrogens with zero attached hydrogens (tertiary/aromatic N) is 1. The second kappa shape index (κ2) is 6.07. The van der Waals surface area contributed by atoms with Crippen molar-refractivity contribution in [3.05, 3.63) is 34.4 Å². The van der Waals surface area contributed by atoms with Crippen molar-refractivity contribution >= 4 is 29.1 Å². The molecule has 1 saturated heterocycles. The van der Waals surface area contributed by atoms with Crippen molar-refractivity contribution in [3.63, 3.8) is 0 Å². The molecule has 0 saturated carbocycles. The summed E-state index contributed by atoms with van der Waals surface area (Å²) in [4.78, 5) is 13.8. The summed E-state index contributed by atoms with van der Waals surface area (Å²) in [6, 6.07) is 1.62. The number of morpholine rings is 1. The Bertz CT molecular complexity index is 566. The highest BCUT2D eigenvalue weighted by atomic mass is 35.5. The van der Waals surface area contributed by atoms with E-state index in [9.17, 15) is 13.6 Å². The van der Waals surface area contributed by atoms with Crippen LogP contribution in [0.25, 0.3) is 0 Å². The number of rotatable bonds is 2. The minimum absolute atomic E-state index is 0.213. The Morgan fingerprint density at radius 1 is 1.43 bits per heavy atom. The average Bonchev–Trinajstić information content (AvgIpc) is 2.40. The van der Waals surface area contributed by atoms with Gasteiger partial charge < -0.3 is 9.64 Å². The third-order valence-electron chi connectivity index (χ3n) is 3.18. The summed E-state index contributed by atoms with van der Waals surface area (Å²) in [5.74, 6) is -2.07. The van der Waals surface area contributed by atoms with Crippen LogP contribution < -0.4 is 0 Å². The summed E-state index contributed by atoms with van der Waals surface area (Å²) in [5.41, 5.74) is -0.947. The third-order valence-corrected chi connectivity index (χ3v) is 3.81. The molecule has 3 nitrogen and oxygen atoms in total. The molecule has 0 radical (unpaired) electrons. The van der Waals surface area contributed by atoms with Crippen LogP contribution in [0.1, 0.15) is 24.2 Å². The Morgan fingerprint density at radius 3 is 2.71 bits per heavy atom. The lowest BCUT2D eigenvalue weighted by Gasteiger charge is -2.42. The van der Waals surface area contributed by atoms with Crippen LogP contribution in [0.15, 0.2) is 12.1 Å². The molecule has 7 heteroatoms. The Kier molecular flexibility index (Phi) is 4.76. The molecule has 0 aromatic heterocycles. The van der Waals surface area contributed by atoms with Crippen LogP contribution in [0, 0.1) is 11.6 Å². The number of amides is 1. The minimum atomic E-state index is -0.849. The highest BCUT2D eigenvalue weighted by molar-refractivity contribution is 6.30. The van der Waals surface area contributed by atoms with Gasteiger partial charge in [0.05, 0.1) is 28.2 Å². The number of alkyl halides is 1. The monoisotopic (exact) mass is 337 g/mol. The van der Waals surface area contributed by atoms with Gasteiger partial charge in [0.2, 0.25) is 0 Å². The summed E-state index contributed by atoms with van der Waals surface area (Å²) in [7, 11) is 0. The highest BCUT2D eigenvalue weighted by Gasteiger charge is 2.36. The van der Waals surface area contributed by atoms with Gasteiger partial charge in [-0.1, -0.05) is 11.6 Å². The third kappa shape index (κ3) is 3.65. The molecule has 1 unspecified atom stereocenters. The van der Waals surface area contributed by atoms with Gasteiger partial charge in [-0.15, -0.1) is 11.6 Å². The summed E-state index contributed by atoms with van der Waals surface area (Å²) >= 11 is 11.3. The van der Waals surface area contributed by atoms with E-state index in [0.717, 1.165) is 12.1 Å². The van der Waals surface area contributed by atoms with Crippen molar-refractivity contribution in [1.82, 2.24) is 4.90 Å². The van der Waals surface area contributed by atoms with E-state index in [1.165, 1.54) is 4.90 Å². The van der Waals surface area contributed by atoms with Crippen LogP contribution in [-0.2, 0) is 4.74 Å². The number of benzene rings is 1. The molecular formula is C14H15Cl2F2NO2. The second-order valence-electron chi connectivity index (χ2n) is 5.59. The quantitative estimate of drug-likeness (QED) is 0.610. The first kappa shape index (κ1) is 16.5. The van der Waals surface area contributed by atoms with E-state index in [2.05, 4.69) is 0 Å². The first-order valence-corrected chi connectivity index (χ1v) is 7.32. The van der Waals surface area contributed by atoms with Crippen molar-refractivity contribution < 1.29 is 18.3 Å². The van der Waals surface area contributed by atoms with E-state index in [0.29, 0.717) is 0 Å². The predicted octanol–water partition coefficient (Wildman–Crippen LogP) is 3.48. The van der Waals surface area contributed by atoms with Crippen molar-refractivity contribution in [3.8, 4) is 0 Å². The maximum Gasteiger partial charge on any atom is 0.257 e. The lowest BCUT2D eigenvalue weighted by molar-refractivity contribution is -0.117. The Hall–Kier alpha value is -0.910. The fourth-order valence-corrected chi connectivity index (χ4v) is 2.70. The van der Waals surface area contributed by atoms with Crippen LogP contribution in [-0.4, -0.2) is 41.5 Å². The van der Waals surface area contributed by atoms with Crippen LogP contribution >= 0.6 is 23.2 Å². The van der Waals surface area contributed by atoms with Gasteiger partial charge in [-0.25, -0.2) is 8.78 Å². The van der Waals surface area contributed by atoms with Gasteiger partial charge in [0.25, 0.3) is 5.91 Å². The van der Waals surface area contributed by atoms with Crippen LogP contribution in [0.3, 0.4) is 0 Å². The molecule has 116 valence electrons. The minimum Gasteiger partial charge on any atom is -0.367 e. The van der Waals surface area contributed by atoms with Gasteiger partial charge in [0.15, 0.2) is 0 Å². The maximum atomic E-state index is 13.9. The average molecular weight is 338 g/mol. The number of hydrogen-bond acceptors (Lipinski definition) is 2. The van der Waals surface area contributed by atoms with Gasteiger partial charge in [-0.2, -0.15) is 0 Å². The second-order valence-corrected chi connectivity index (χ2v) is 6.30. The van der Waals surface area contributed by atoms with Gasteiger partial charge >= 0.3 is 0 Å². The molecule has 0 spiro atoms. The SMILES string of the molecule is CC1(C)CN(C(=O)c2cc(F)c(Cl)cc2F)CC(CCl)O1. The summed E-state index contributed by atoms with van der Waals surface area (Å²) < 4.78 is 33.0. The molecule has 1 atom stereocenters. The summed E-state index contributed by atoms with van der Waals surface area (Å²) in [6.07, 6.45) is -0.348. The zero-order valence-corrected chi connectivity index (χ0v) is 13.1. The molecular weight excluding hydrogens is 323 g/mol. The summed E-state index contributed by atoms with van der Waals surface area (Å²) in [6.45, 7) is 4.12. The summed E-state index contributed by atoms with van der Waals surface area (Å²) in [5, 5.41) is -0.356. The first-order chi connectivity index (χ1) is 9.73. The van der Waals surface area contributed by atoms with Gasteiger partial charge in [-0.05, 0) is 26.0 Å². The van der Waals surface area contributed by atoms with Crippen molar-refractivity contribution in [2.45, 2.75) is 25.6 Å². The largest absolute Gasteiger partial charge is 0.367 e. The van der Waals surface area contributed by atoms with E-state index < -0.39 is 23.1 Å². The Labute approximate surface area is 131 Å². The normalized spacial score (nSPS) is 21.4. The Balaban J connectivity index is 2.29. The number of carbonyl (C=O) groups excluding carboxylic acids is 1. The molecule has 1 aliphatic heterocycles. The lowest BCUT2D eigenvalue weighted by atomic mass is 10.0. The number of ether oxygens (including phenoxy) is 1. The predicted molar refractivity (Wildman–Crippen MR) is 76.9 cm³/mol. The van der Waals surface area contributed by atoms with Crippen LogP contribution in [0.2, 0.25) is 5.02 Å². The van der Waals surface area contributed by atoms with E-state index in [1.807, 2.05) is 13.8 Å². The van der Waals surface area contributed by atoms with Crippen molar-refractivity contribution in [2.24, 2.45) is 0 Å². The molecule has 1 aromatic rings. The van der Waals surface area contributed by atoms with Crippen molar-refractivity contribution in [1.29, 1.82) is 0 Å². The molecule has 0 N–H and O–H groups in total. The first-order valence-electron chi connectivity index (χ1n) is 6.41. The fourth-order valence-electron chi connectivity index (χ4n) is 2.39. The molecule has 0 aliphatic carbocycles. The number of hydrogen-bond donors (Lipinski definition) is 0. The van der Waals surface area contributed by atoms with E-state index in [4.69, 9.17) is 27.9 Å². The molecule has 2 rings (SSSR count). The smallest absolute Gasteiger partial charge is 0.257 e. The zero-order valence-electron chi connectivity index (χ0n) is 11.6. The standard InChI is InChI=1S/C14H15Cl2F2NO2/c1-14(2)7-19(6-8(5-15)21-14)13(20)9-3-12(18)10(16)4-11(9)17/h3-4,8H,5-7H2,1-2H3. The molecule has 1 amide bonds. The zero-order chi connectivity index (χ0) is 15.8.